The highest BCUT2D eigenvalue weighted by Crippen LogP contribution is 2.34. The summed E-state index contributed by atoms with van der Waals surface area (Å²) in [5.74, 6) is 0.119. The Balaban J connectivity index is 1.44. The van der Waals surface area contributed by atoms with Crippen molar-refractivity contribution in [3.8, 4) is 16.9 Å². The van der Waals surface area contributed by atoms with Crippen LogP contribution in [0.3, 0.4) is 0 Å². The van der Waals surface area contributed by atoms with E-state index in [2.05, 4.69) is 31.1 Å². The van der Waals surface area contributed by atoms with Gasteiger partial charge in [0.05, 0.1) is 17.4 Å². The second-order valence-corrected chi connectivity index (χ2v) is 9.81. The zero-order valence-corrected chi connectivity index (χ0v) is 22.2. The lowest BCUT2D eigenvalue weighted by Crippen LogP contribution is -2.27. The zero-order valence-electron chi connectivity index (χ0n) is 21.4. The molecule has 11 heteroatoms. The van der Waals surface area contributed by atoms with E-state index in [1.165, 1.54) is 12.4 Å². The number of nitrogens with one attached hydrogen (secondary N) is 3. The molecule has 0 radical (unpaired) electrons. The van der Waals surface area contributed by atoms with Crippen molar-refractivity contribution < 1.29 is 9.59 Å². The summed E-state index contributed by atoms with van der Waals surface area (Å²) in [5, 5.41) is 17.7. The maximum absolute atomic E-state index is 13.1. The number of hydrogen-bond acceptors (Lipinski definition) is 6. The third-order valence-electron chi connectivity index (χ3n) is 6.32. The minimum atomic E-state index is -0.482. The van der Waals surface area contributed by atoms with Gasteiger partial charge in [0.2, 0.25) is 11.8 Å². The second-order valence-electron chi connectivity index (χ2n) is 9.43. The molecule has 1 aliphatic heterocycles. The number of hydrogen-bond donors (Lipinski definition) is 3. The predicted octanol–water partition coefficient (Wildman–Crippen LogP) is 4.81. The number of amides is 2. The average molecular weight is 543 g/mol. The van der Waals surface area contributed by atoms with Gasteiger partial charge in [-0.3, -0.25) is 9.59 Å². The highest BCUT2D eigenvalue weighted by molar-refractivity contribution is 6.32. The number of carbonyl (C=O) groups is 2. The first-order valence-corrected chi connectivity index (χ1v) is 12.9. The van der Waals surface area contributed by atoms with Crippen LogP contribution < -0.4 is 10.6 Å². The molecule has 2 aromatic heterocycles. The van der Waals surface area contributed by atoms with Crippen LogP contribution in [0.15, 0.2) is 67.0 Å². The molecule has 1 unspecified atom stereocenters. The number of fused-ring (bicyclic) bond motifs is 4. The lowest BCUT2D eigenvalue weighted by Gasteiger charge is -2.14. The number of para-hydroxylation sites is 1. The van der Waals surface area contributed by atoms with Crippen molar-refractivity contribution in [3.05, 3.63) is 89.1 Å². The maximum atomic E-state index is 13.1. The Labute approximate surface area is 230 Å². The number of allylic oxidation sites excluding steroid dienone is 1. The van der Waals surface area contributed by atoms with Gasteiger partial charge in [-0.05, 0) is 54.0 Å². The Bertz CT molecular complexity index is 1560. The number of carbonyl (C=O) groups excluding carboxylic acids is 2. The van der Waals surface area contributed by atoms with E-state index in [1.807, 2.05) is 68.5 Å². The quantitative estimate of drug-likeness (QED) is 0.250. The molecule has 1 aliphatic rings. The molecule has 0 fully saturated rings. The molecule has 0 spiro atoms. The van der Waals surface area contributed by atoms with Crippen LogP contribution in [-0.4, -0.2) is 42.0 Å². The molecule has 3 N–H and O–H groups in total. The topological polar surface area (TPSA) is 130 Å². The molecule has 2 bridgehead atoms. The molecule has 5 rings (SSSR count). The maximum Gasteiger partial charge on any atom is 0.244 e. The summed E-state index contributed by atoms with van der Waals surface area (Å²) in [6.07, 6.45) is 9.39. The Hall–Kier alpha value is -4.57. The fraction of sp³-hybridized carbons (Fsp3) is 0.214. The summed E-state index contributed by atoms with van der Waals surface area (Å²) >= 11 is 6.57. The summed E-state index contributed by atoms with van der Waals surface area (Å²) in [4.78, 5) is 33.6. The van der Waals surface area contributed by atoms with Gasteiger partial charge in [0.25, 0.3) is 0 Å². The van der Waals surface area contributed by atoms with Crippen LogP contribution in [0.5, 0.6) is 0 Å². The van der Waals surface area contributed by atoms with Gasteiger partial charge in [-0.2, -0.15) is 4.68 Å². The molecule has 2 amide bonds. The van der Waals surface area contributed by atoms with E-state index in [4.69, 9.17) is 16.6 Å². The molecule has 0 aliphatic carbocycles. The van der Waals surface area contributed by atoms with E-state index in [9.17, 15) is 9.59 Å². The molecule has 0 saturated heterocycles. The molecule has 198 valence electrons. The highest BCUT2D eigenvalue weighted by atomic mass is 35.5. The molecule has 0 saturated carbocycles. The number of rotatable bonds is 4. The molecular formula is C28H27ClN8O2. The van der Waals surface area contributed by atoms with Gasteiger partial charge in [-0.25, -0.2) is 4.98 Å². The number of aryl methyl sites for hydroxylation is 1. The lowest BCUT2D eigenvalue weighted by atomic mass is 10.0. The van der Waals surface area contributed by atoms with Gasteiger partial charge in [0, 0.05) is 23.6 Å². The van der Waals surface area contributed by atoms with Crippen LogP contribution in [0.25, 0.3) is 23.0 Å². The minimum Gasteiger partial charge on any atom is -0.342 e. The van der Waals surface area contributed by atoms with Crippen molar-refractivity contribution in [2.75, 3.05) is 5.32 Å². The molecule has 39 heavy (non-hydrogen) atoms. The zero-order chi connectivity index (χ0) is 27.4. The van der Waals surface area contributed by atoms with Gasteiger partial charge in [0.15, 0.2) is 0 Å². The van der Waals surface area contributed by atoms with Gasteiger partial charge in [-0.1, -0.05) is 60.5 Å². The Kier molecular flexibility index (Phi) is 7.64. The van der Waals surface area contributed by atoms with Crippen LogP contribution in [0.4, 0.5) is 5.69 Å². The van der Waals surface area contributed by atoms with E-state index in [0.717, 1.165) is 16.8 Å². The first kappa shape index (κ1) is 26.1. The first-order chi connectivity index (χ1) is 18.9. The Morgan fingerprint density at radius 1 is 1.23 bits per heavy atom. The van der Waals surface area contributed by atoms with Crippen molar-refractivity contribution in [1.29, 1.82) is 0 Å². The van der Waals surface area contributed by atoms with Crippen LogP contribution in [0.1, 0.15) is 42.8 Å². The van der Waals surface area contributed by atoms with Crippen LogP contribution in [-0.2, 0) is 9.59 Å². The third kappa shape index (κ3) is 6.12. The number of aromatic amines is 1. The Morgan fingerprint density at radius 3 is 2.90 bits per heavy atom. The van der Waals surface area contributed by atoms with Crippen molar-refractivity contribution in [2.45, 2.75) is 32.7 Å². The summed E-state index contributed by atoms with van der Waals surface area (Å²) in [7, 11) is 0. The van der Waals surface area contributed by atoms with E-state index < -0.39 is 6.04 Å². The van der Waals surface area contributed by atoms with Gasteiger partial charge in [-0.15, -0.1) is 5.10 Å². The fourth-order valence-electron chi connectivity index (χ4n) is 4.43. The van der Waals surface area contributed by atoms with Gasteiger partial charge in [0.1, 0.15) is 23.0 Å². The number of H-pyrrole nitrogens is 1. The molecule has 3 heterocycles. The molecular weight excluding hydrogens is 516 g/mol. The third-order valence-corrected chi connectivity index (χ3v) is 6.59. The molecule has 2 atom stereocenters. The van der Waals surface area contributed by atoms with Gasteiger partial charge < -0.3 is 15.6 Å². The number of nitrogens with zero attached hydrogens (tertiary/aromatic N) is 5. The van der Waals surface area contributed by atoms with E-state index in [-0.39, 0.29) is 17.7 Å². The van der Waals surface area contributed by atoms with Crippen molar-refractivity contribution in [1.82, 2.24) is 35.5 Å². The normalized spacial score (nSPS) is 18.4. The minimum absolute atomic E-state index is 0.00932. The van der Waals surface area contributed by atoms with E-state index >= 15 is 0 Å². The second kappa shape index (κ2) is 11.4. The predicted molar refractivity (Wildman–Crippen MR) is 149 cm³/mol. The molecule has 10 nitrogen and oxygen atoms in total. The highest BCUT2D eigenvalue weighted by Gasteiger charge is 2.22. The summed E-state index contributed by atoms with van der Waals surface area (Å²) < 4.78 is 1.54. The number of halogens is 1. The van der Waals surface area contributed by atoms with Crippen molar-refractivity contribution >= 4 is 35.2 Å². The number of imidazole rings is 1. The monoisotopic (exact) mass is 542 g/mol. The first-order valence-electron chi connectivity index (χ1n) is 12.5. The molecule has 2 aromatic carbocycles. The van der Waals surface area contributed by atoms with Gasteiger partial charge >= 0.3 is 0 Å². The number of aromatic nitrogens is 6. The van der Waals surface area contributed by atoms with Crippen molar-refractivity contribution in [3.63, 3.8) is 0 Å². The van der Waals surface area contributed by atoms with Crippen molar-refractivity contribution in [2.24, 2.45) is 5.92 Å². The number of tetrazole rings is 1. The largest absolute Gasteiger partial charge is 0.342 e. The molecule has 4 aromatic rings. The average Bonchev–Trinajstić information content (AvgIpc) is 3.57. The van der Waals surface area contributed by atoms with E-state index in [0.29, 0.717) is 40.8 Å². The van der Waals surface area contributed by atoms with Crippen LogP contribution >= 0.6 is 11.6 Å². The summed E-state index contributed by atoms with van der Waals surface area (Å²) in [6, 6.07) is 12.7. The van der Waals surface area contributed by atoms with Crippen LogP contribution in [0, 0.1) is 12.8 Å². The number of anilines is 1. The fourth-order valence-corrected chi connectivity index (χ4v) is 4.67. The Morgan fingerprint density at radius 2 is 2.08 bits per heavy atom. The number of benzene rings is 2. The summed E-state index contributed by atoms with van der Waals surface area (Å²) in [5.41, 5.74) is 4.39. The SMILES string of the molecule is Cc1ccc(-n2cnnn2)c(/C=C/C(=O)N[C@H]2C/C=C\C(C)CC(=O)Nc3ccccc3-c3nc2[nH]c3Cl)c1. The standard InChI is InChI=1S/C28H27ClN8O2/c1-17-6-5-9-22(28-33-26(27(29)34-28)20-7-3-4-8-21(20)31-25(39)15-17)32-24(38)13-11-19-14-18(2)10-12-23(19)37-16-30-35-36-37/h3-8,10-14,16-17,22H,9,15H2,1-2H3,(H,31,39)(H,32,38)(H,33,34)/b6-5-,13-11+/t17?,22-/m0/s1. The van der Waals surface area contributed by atoms with Crippen LogP contribution in [0.2, 0.25) is 5.15 Å². The van der Waals surface area contributed by atoms with E-state index in [1.54, 1.807) is 10.8 Å². The smallest absolute Gasteiger partial charge is 0.244 e. The lowest BCUT2D eigenvalue weighted by molar-refractivity contribution is -0.117. The summed E-state index contributed by atoms with van der Waals surface area (Å²) in [6.45, 7) is 3.95.